The van der Waals surface area contributed by atoms with Crippen LogP contribution in [0.5, 0.6) is 0 Å². The van der Waals surface area contributed by atoms with Crippen molar-refractivity contribution in [3.63, 3.8) is 0 Å². The highest BCUT2D eigenvalue weighted by molar-refractivity contribution is 5.76. The number of esters is 1. The Labute approximate surface area is 417 Å². The smallest absolute Gasteiger partial charge is 0.305 e. The van der Waals surface area contributed by atoms with E-state index in [1.807, 2.05) is 6.08 Å². The Morgan fingerprint density at radius 3 is 1.06 bits per heavy atom. The summed E-state index contributed by atoms with van der Waals surface area (Å²) in [5.74, 6) is -0.0888. The van der Waals surface area contributed by atoms with E-state index in [0.717, 1.165) is 64.2 Å². The van der Waals surface area contributed by atoms with E-state index in [1.165, 1.54) is 225 Å². The fraction of sp³-hybridized carbons (Fsp3) is 0.869. The molecule has 6 nitrogen and oxygen atoms in total. The van der Waals surface area contributed by atoms with E-state index in [1.54, 1.807) is 6.08 Å². The maximum atomic E-state index is 12.4. The number of carbonyl (C=O) groups is 2. The van der Waals surface area contributed by atoms with Crippen molar-refractivity contribution in [3.8, 4) is 0 Å². The molecule has 0 aromatic heterocycles. The second kappa shape index (κ2) is 56.7. The van der Waals surface area contributed by atoms with Crippen molar-refractivity contribution in [2.75, 3.05) is 13.2 Å². The number of carbonyl (C=O) groups excluding carboxylic acids is 2. The maximum absolute atomic E-state index is 12.4. The van der Waals surface area contributed by atoms with Crippen LogP contribution in [-0.2, 0) is 14.3 Å². The zero-order chi connectivity index (χ0) is 48.6. The van der Waals surface area contributed by atoms with Crippen LogP contribution in [0.1, 0.15) is 316 Å². The predicted molar refractivity (Wildman–Crippen MR) is 292 cm³/mol. The van der Waals surface area contributed by atoms with E-state index >= 15 is 0 Å². The Morgan fingerprint density at radius 1 is 0.403 bits per heavy atom. The molecule has 0 radical (unpaired) electrons. The van der Waals surface area contributed by atoms with Gasteiger partial charge in [-0.1, -0.05) is 256 Å². The molecule has 2 atom stereocenters. The number of rotatable bonds is 55. The van der Waals surface area contributed by atoms with Gasteiger partial charge >= 0.3 is 5.97 Å². The highest BCUT2D eigenvalue weighted by atomic mass is 16.5. The molecule has 0 aliphatic rings. The van der Waals surface area contributed by atoms with Gasteiger partial charge in [-0.15, -0.1) is 0 Å². The quantitative estimate of drug-likeness (QED) is 0.0321. The lowest BCUT2D eigenvalue weighted by molar-refractivity contribution is -0.143. The normalized spacial score (nSPS) is 12.8. The molecular formula is C61H115NO5. The molecule has 0 bridgehead atoms. The first-order chi connectivity index (χ1) is 33.0. The fourth-order valence-electron chi connectivity index (χ4n) is 9.03. The zero-order valence-electron chi connectivity index (χ0n) is 44.9. The SMILES string of the molecule is CCCCCCCC/C=C\CCCCCCCCCCCC(=O)OCCCCCCCCC/C=C\CCCCCCCC(=O)NC(CO)C(O)/C=C/CCCCCCCCCCCCCCC. The Bertz CT molecular complexity index is 1090. The molecule has 0 saturated heterocycles. The van der Waals surface area contributed by atoms with E-state index in [-0.39, 0.29) is 18.5 Å². The molecule has 0 aromatic rings. The number of hydrogen-bond acceptors (Lipinski definition) is 5. The molecule has 0 spiro atoms. The second-order valence-electron chi connectivity index (χ2n) is 20.3. The van der Waals surface area contributed by atoms with Crippen LogP contribution in [0, 0.1) is 0 Å². The molecule has 3 N–H and O–H groups in total. The number of aliphatic hydroxyl groups is 2. The van der Waals surface area contributed by atoms with Gasteiger partial charge in [0.1, 0.15) is 0 Å². The Morgan fingerprint density at radius 2 is 0.701 bits per heavy atom. The predicted octanol–water partition coefficient (Wildman–Crippen LogP) is 18.4. The third-order valence-electron chi connectivity index (χ3n) is 13.6. The highest BCUT2D eigenvalue weighted by Gasteiger charge is 2.18. The van der Waals surface area contributed by atoms with Crippen LogP contribution in [0.2, 0.25) is 0 Å². The monoisotopic (exact) mass is 942 g/mol. The van der Waals surface area contributed by atoms with E-state index in [9.17, 15) is 19.8 Å². The lowest BCUT2D eigenvalue weighted by Gasteiger charge is -2.20. The van der Waals surface area contributed by atoms with Gasteiger partial charge in [-0.25, -0.2) is 0 Å². The molecule has 6 heteroatoms. The topological polar surface area (TPSA) is 95.9 Å². The van der Waals surface area contributed by atoms with Crippen molar-refractivity contribution >= 4 is 11.9 Å². The summed E-state index contributed by atoms with van der Waals surface area (Å²) in [4.78, 5) is 24.5. The van der Waals surface area contributed by atoms with Crippen molar-refractivity contribution in [1.82, 2.24) is 5.32 Å². The van der Waals surface area contributed by atoms with Gasteiger partial charge in [-0.2, -0.15) is 0 Å². The third kappa shape index (κ3) is 53.3. The number of ether oxygens (including phenoxy) is 1. The van der Waals surface area contributed by atoms with Crippen LogP contribution in [-0.4, -0.2) is 47.4 Å². The fourth-order valence-corrected chi connectivity index (χ4v) is 9.03. The summed E-state index contributed by atoms with van der Waals surface area (Å²) >= 11 is 0. The van der Waals surface area contributed by atoms with Crippen LogP contribution >= 0.6 is 0 Å². The molecule has 2 unspecified atom stereocenters. The average Bonchev–Trinajstić information content (AvgIpc) is 3.33. The zero-order valence-corrected chi connectivity index (χ0v) is 44.9. The highest BCUT2D eigenvalue weighted by Crippen LogP contribution is 2.16. The van der Waals surface area contributed by atoms with Crippen LogP contribution in [0.25, 0.3) is 0 Å². The van der Waals surface area contributed by atoms with Gasteiger partial charge in [-0.3, -0.25) is 9.59 Å². The first-order valence-electron chi connectivity index (χ1n) is 29.8. The minimum Gasteiger partial charge on any atom is -0.466 e. The molecule has 67 heavy (non-hydrogen) atoms. The molecule has 0 aliphatic heterocycles. The summed E-state index contributed by atoms with van der Waals surface area (Å²) in [6, 6.07) is -0.640. The van der Waals surface area contributed by atoms with Crippen LogP contribution < -0.4 is 5.32 Å². The molecule has 1 amide bonds. The number of aliphatic hydroxyl groups excluding tert-OH is 2. The summed E-state index contributed by atoms with van der Waals surface area (Å²) in [6.45, 7) is 4.88. The number of unbranched alkanes of at least 4 members (excludes halogenated alkanes) is 40. The minimum atomic E-state index is -0.855. The second-order valence-corrected chi connectivity index (χ2v) is 20.3. The number of amides is 1. The molecule has 0 saturated carbocycles. The summed E-state index contributed by atoms with van der Waals surface area (Å²) in [5.41, 5.74) is 0. The Kier molecular flexibility index (Phi) is 55.0. The molecule has 0 aromatic carbocycles. The van der Waals surface area contributed by atoms with Gasteiger partial charge < -0.3 is 20.3 Å². The first kappa shape index (κ1) is 65.1. The average molecular weight is 943 g/mol. The summed E-state index contributed by atoms with van der Waals surface area (Å²) < 4.78 is 5.48. The van der Waals surface area contributed by atoms with Crippen LogP contribution in [0.3, 0.4) is 0 Å². The largest absolute Gasteiger partial charge is 0.466 e. The number of hydrogen-bond donors (Lipinski definition) is 3. The number of nitrogens with one attached hydrogen (secondary N) is 1. The van der Waals surface area contributed by atoms with Crippen molar-refractivity contribution in [2.24, 2.45) is 0 Å². The van der Waals surface area contributed by atoms with Crippen molar-refractivity contribution in [3.05, 3.63) is 36.5 Å². The summed E-state index contributed by atoms with van der Waals surface area (Å²) in [7, 11) is 0. The minimum absolute atomic E-state index is 0.00436. The lowest BCUT2D eigenvalue weighted by atomic mass is 10.0. The van der Waals surface area contributed by atoms with Crippen LogP contribution in [0.15, 0.2) is 36.5 Å². The third-order valence-corrected chi connectivity index (χ3v) is 13.6. The molecule has 0 rings (SSSR count). The Hall–Kier alpha value is -1.92. The standard InChI is InChI=1S/C61H115NO5/c1-3-5-7-9-11-13-15-17-19-20-21-22-27-31-35-39-43-47-51-55-61(66)67-56-52-48-44-40-36-32-28-24-23-26-30-34-38-42-46-50-54-60(65)62-58(57-63)59(64)53-49-45-41-37-33-29-25-18-16-14-12-10-8-6-4-2/h17,19,23,26,49,53,58-59,63-64H,3-16,18,20-22,24-25,27-48,50-52,54-57H2,1-2H3,(H,62,65)/b19-17-,26-23-,53-49+. The van der Waals surface area contributed by atoms with Gasteiger partial charge in [-0.05, 0) is 83.5 Å². The number of allylic oxidation sites excluding steroid dienone is 5. The van der Waals surface area contributed by atoms with Gasteiger partial charge in [0.15, 0.2) is 0 Å². The molecule has 0 aliphatic carbocycles. The van der Waals surface area contributed by atoms with Gasteiger partial charge in [0, 0.05) is 12.8 Å². The summed E-state index contributed by atoms with van der Waals surface area (Å²) in [5, 5.41) is 23.1. The van der Waals surface area contributed by atoms with Gasteiger partial charge in [0.2, 0.25) is 5.91 Å². The molecular weight excluding hydrogens is 827 g/mol. The molecule has 0 fully saturated rings. The van der Waals surface area contributed by atoms with Crippen molar-refractivity contribution < 1.29 is 24.5 Å². The van der Waals surface area contributed by atoms with E-state index in [2.05, 4.69) is 43.5 Å². The Balaban J connectivity index is 3.47. The van der Waals surface area contributed by atoms with Gasteiger partial charge in [0.05, 0.1) is 25.4 Å². The van der Waals surface area contributed by atoms with Crippen LogP contribution in [0.4, 0.5) is 0 Å². The van der Waals surface area contributed by atoms with Crippen molar-refractivity contribution in [2.45, 2.75) is 328 Å². The maximum Gasteiger partial charge on any atom is 0.305 e. The van der Waals surface area contributed by atoms with Crippen molar-refractivity contribution in [1.29, 1.82) is 0 Å². The van der Waals surface area contributed by atoms with Gasteiger partial charge in [0.25, 0.3) is 0 Å². The summed E-state index contributed by atoms with van der Waals surface area (Å²) in [6.07, 6.45) is 70.2. The first-order valence-corrected chi connectivity index (χ1v) is 29.8. The van der Waals surface area contributed by atoms with E-state index < -0.39 is 12.1 Å². The molecule has 0 heterocycles. The van der Waals surface area contributed by atoms with E-state index in [4.69, 9.17) is 4.74 Å². The van der Waals surface area contributed by atoms with E-state index in [0.29, 0.717) is 19.4 Å². The molecule has 394 valence electrons. The lowest BCUT2D eigenvalue weighted by Crippen LogP contribution is -2.45.